The van der Waals surface area contributed by atoms with E-state index in [9.17, 15) is 4.79 Å². The average molecular weight is 332 g/mol. The topological polar surface area (TPSA) is 50.8 Å². The quantitative estimate of drug-likeness (QED) is 0.831. The van der Waals surface area contributed by atoms with Crippen LogP contribution in [-0.2, 0) is 16.1 Å². The first-order valence-corrected chi connectivity index (χ1v) is 8.80. The van der Waals surface area contributed by atoms with E-state index < -0.39 is 0 Å². The van der Waals surface area contributed by atoms with E-state index in [0.29, 0.717) is 12.5 Å². The second kappa shape index (κ2) is 7.53. The monoisotopic (exact) mass is 332 g/mol. The van der Waals surface area contributed by atoms with Crippen molar-refractivity contribution >= 4 is 5.91 Å². The number of nitrogens with zero attached hydrogens (tertiary/aromatic N) is 1. The van der Waals surface area contributed by atoms with Crippen LogP contribution in [-0.4, -0.2) is 50.3 Å². The lowest BCUT2D eigenvalue weighted by Gasteiger charge is -2.19. The van der Waals surface area contributed by atoms with Gasteiger partial charge in [0.25, 0.3) is 0 Å². The third-order valence-corrected chi connectivity index (χ3v) is 4.99. The fraction of sp³-hybridized carbons (Fsp3) is 0.632. The fourth-order valence-corrected chi connectivity index (χ4v) is 3.16. The molecule has 1 saturated carbocycles. The number of benzene rings is 1. The molecule has 1 amide bonds. The molecule has 0 bridgehead atoms. The van der Waals surface area contributed by atoms with Crippen molar-refractivity contribution in [2.24, 2.45) is 5.92 Å². The van der Waals surface area contributed by atoms with Gasteiger partial charge in [0.1, 0.15) is 5.75 Å². The molecule has 0 spiro atoms. The molecule has 132 valence electrons. The molecule has 1 aromatic carbocycles. The van der Waals surface area contributed by atoms with Crippen LogP contribution in [0.2, 0.25) is 0 Å². The van der Waals surface area contributed by atoms with Gasteiger partial charge in [-0.3, -0.25) is 9.69 Å². The molecule has 2 aliphatic rings. The van der Waals surface area contributed by atoms with Crippen molar-refractivity contribution in [3.63, 3.8) is 0 Å². The summed E-state index contributed by atoms with van der Waals surface area (Å²) in [6, 6.07) is 6.06. The van der Waals surface area contributed by atoms with E-state index in [0.717, 1.165) is 30.9 Å². The first-order valence-electron chi connectivity index (χ1n) is 8.80. The SMILES string of the molecule is CO[C@H]1C[C@@H](C(=O)NCc2ccc(C)cc2OCC2CC2)N(C)C1. The van der Waals surface area contributed by atoms with E-state index in [4.69, 9.17) is 9.47 Å². The number of carbonyl (C=O) groups is 1. The van der Waals surface area contributed by atoms with Crippen molar-refractivity contribution in [2.75, 3.05) is 27.3 Å². The standard InChI is InChI=1S/C19H28N2O3/c1-13-4-7-15(18(8-13)24-12-14-5-6-14)10-20-19(22)17-9-16(23-3)11-21(17)2/h4,7-8,14,16-17H,5-6,9-12H2,1-3H3,(H,20,22)/t16-,17-/m0/s1. The molecule has 1 aliphatic carbocycles. The van der Waals surface area contributed by atoms with Crippen LogP contribution in [0.4, 0.5) is 0 Å². The van der Waals surface area contributed by atoms with E-state index in [1.54, 1.807) is 7.11 Å². The molecule has 0 aromatic heterocycles. The average Bonchev–Trinajstić information content (AvgIpc) is 3.32. The summed E-state index contributed by atoms with van der Waals surface area (Å²) < 4.78 is 11.3. The number of aryl methyl sites for hydroxylation is 1. The summed E-state index contributed by atoms with van der Waals surface area (Å²) in [5.74, 6) is 1.67. The summed E-state index contributed by atoms with van der Waals surface area (Å²) in [7, 11) is 3.67. The zero-order valence-electron chi connectivity index (χ0n) is 14.9. The van der Waals surface area contributed by atoms with Gasteiger partial charge in [-0.1, -0.05) is 12.1 Å². The van der Waals surface area contributed by atoms with Gasteiger partial charge in [0.15, 0.2) is 0 Å². The van der Waals surface area contributed by atoms with Gasteiger partial charge in [0.2, 0.25) is 5.91 Å². The van der Waals surface area contributed by atoms with E-state index in [1.165, 1.54) is 18.4 Å². The minimum absolute atomic E-state index is 0.0609. The molecule has 5 heteroatoms. The Morgan fingerprint density at radius 1 is 1.38 bits per heavy atom. The van der Waals surface area contributed by atoms with E-state index in [2.05, 4.69) is 29.3 Å². The van der Waals surface area contributed by atoms with Gasteiger partial charge in [-0.25, -0.2) is 0 Å². The predicted molar refractivity (Wildman–Crippen MR) is 93.1 cm³/mol. The van der Waals surface area contributed by atoms with E-state index in [-0.39, 0.29) is 18.1 Å². The highest BCUT2D eigenvalue weighted by Gasteiger charge is 2.34. The lowest BCUT2D eigenvalue weighted by molar-refractivity contribution is -0.125. The maximum Gasteiger partial charge on any atom is 0.237 e. The van der Waals surface area contributed by atoms with Crippen LogP contribution in [0.25, 0.3) is 0 Å². The number of nitrogens with one attached hydrogen (secondary N) is 1. The first-order chi connectivity index (χ1) is 11.6. The Labute approximate surface area is 144 Å². The highest BCUT2D eigenvalue weighted by Crippen LogP contribution is 2.30. The number of rotatable bonds is 7. The van der Waals surface area contributed by atoms with Crippen molar-refractivity contribution in [3.05, 3.63) is 29.3 Å². The Bertz CT molecular complexity index is 586. The molecule has 5 nitrogen and oxygen atoms in total. The molecule has 1 aromatic rings. The minimum Gasteiger partial charge on any atom is -0.493 e. The fourth-order valence-electron chi connectivity index (χ4n) is 3.16. The summed E-state index contributed by atoms with van der Waals surface area (Å²) in [5, 5.41) is 3.06. The molecule has 1 N–H and O–H groups in total. The number of hydrogen-bond donors (Lipinski definition) is 1. The number of hydrogen-bond acceptors (Lipinski definition) is 4. The summed E-state index contributed by atoms with van der Waals surface area (Å²) >= 11 is 0. The maximum atomic E-state index is 12.5. The summed E-state index contributed by atoms with van der Waals surface area (Å²) in [4.78, 5) is 14.6. The maximum absolute atomic E-state index is 12.5. The third-order valence-electron chi connectivity index (χ3n) is 4.99. The number of methoxy groups -OCH3 is 1. The third kappa shape index (κ3) is 4.28. The Morgan fingerprint density at radius 2 is 2.17 bits per heavy atom. The molecular weight excluding hydrogens is 304 g/mol. The second-order valence-electron chi connectivity index (χ2n) is 7.13. The van der Waals surface area contributed by atoms with Crippen molar-refractivity contribution in [1.82, 2.24) is 10.2 Å². The molecule has 2 atom stereocenters. The molecular formula is C19H28N2O3. The van der Waals surface area contributed by atoms with Crippen LogP contribution >= 0.6 is 0 Å². The highest BCUT2D eigenvalue weighted by atomic mass is 16.5. The smallest absolute Gasteiger partial charge is 0.237 e. The van der Waals surface area contributed by atoms with Crippen LogP contribution in [0.1, 0.15) is 30.4 Å². The number of carbonyl (C=O) groups excluding carboxylic acids is 1. The van der Waals surface area contributed by atoms with Gasteiger partial charge >= 0.3 is 0 Å². The molecule has 2 fully saturated rings. The van der Waals surface area contributed by atoms with E-state index in [1.807, 2.05) is 13.1 Å². The molecule has 0 radical (unpaired) electrons. The summed E-state index contributed by atoms with van der Waals surface area (Å²) in [6.45, 7) is 4.14. The number of likely N-dealkylation sites (tertiary alicyclic amines) is 1. The van der Waals surface area contributed by atoms with Crippen molar-refractivity contribution in [1.29, 1.82) is 0 Å². The molecule has 1 saturated heterocycles. The van der Waals surface area contributed by atoms with Gasteiger partial charge in [0.05, 0.1) is 18.8 Å². The van der Waals surface area contributed by atoms with Gasteiger partial charge < -0.3 is 14.8 Å². The molecule has 24 heavy (non-hydrogen) atoms. The first kappa shape index (κ1) is 17.2. The molecule has 3 rings (SSSR count). The number of ether oxygens (including phenoxy) is 2. The lowest BCUT2D eigenvalue weighted by atomic mass is 10.1. The van der Waals surface area contributed by atoms with Crippen LogP contribution in [0.3, 0.4) is 0 Å². The zero-order chi connectivity index (χ0) is 17.1. The minimum atomic E-state index is -0.115. The zero-order valence-corrected chi connectivity index (χ0v) is 14.9. The number of likely N-dealkylation sites (N-methyl/N-ethyl adjacent to an activating group) is 1. The van der Waals surface area contributed by atoms with Gasteiger partial charge in [0, 0.05) is 25.8 Å². The largest absolute Gasteiger partial charge is 0.493 e. The molecule has 0 unspecified atom stereocenters. The van der Waals surface area contributed by atoms with Gasteiger partial charge in [-0.2, -0.15) is 0 Å². The van der Waals surface area contributed by atoms with Crippen LogP contribution < -0.4 is 10.1 Å². The van der Waals surface area contributed by atoms with E-state index >= 15 is 0 Å². The second-order valence-corrected chi connectivity index (χ2v) is 7.13. The summed E-state index contributed by atoms with van der Waals surface area (Å²) in [5.41, 5.74) is 2.22. The Balaban J connectivity index is 1.58. The Hall–Kier alpha value is -1.59. The van der Waals surface area contributed by atoms with Gasteiger partial charge in [-0.15, -0.1) is 0 Å². The lowest BCUT2D eigenvalue weighted by Crippen LogP contribution is -2.41. The normalized spacial score (nSPS) is 24.1. The predicted octanol–water partition coefficient (Wildman–Crippen LogP) is 2.12. The Kier molecular flexibility index (Phi) is 5.41. The van der Waals surface area contributed by atoms with Crippen molar-refractivity contribution < 1.29 is 14.3 Å². The molecule has 1 aliphatic heterocycles. The molecule has 1 heterocycles. The Morgan fingerprint density at radius 3 is 2.83 bits per heavy atom. The van der Waals surface area contributed by atoms with Crippen molar-refractivity contribution in [3.8, 4) is 5.75 Å². The van der Waals surface area contributed by atoms with Crippen LogP contribution in [0.15, 0.2) is 18.2 Å². The highest BCUT2D eigenvalue weighted by molar-refractivity contribution is 5.82. The van der Waals surface area contributed by atoms with Gasteiger partial charge in [-0.05, 0) is 50.8 Å². The van der Waals surface area contributed by atoms with Crippen LogP contribution in [0, 0.1) is 12.8 Å². The summed E-state index contributed by atoms with van der Waals surface area (Å²) in [6.07, 6.45) is 3.43. The van der Waals surface area contributed by atoms with Crippen LogP contribution in [0.5, 0.6) is 5.75 Å². The van der Waals surface area contributed by atoms with Crippen molar-refractivity contribution in [2.45, 2.75) is 44.9 Å². The number of amides is 1.